The molecule has 2 rings (SSSR count). The van der Waals surface area contributed by atoms with Gasteiger partial charge in [0.2, 0.25) is 0 Å². The minimum atomic E-state index is 0.317. The number of nitriles is 1. The van der Waals surface area contributed by atoms with E-state index in [9.17, 15) is 0 Å². The van der Waals surface area contributed by atoms with E-state index in [0.717, 1.165) is 6.54 Å². The second-order valence-corrected chi connectivity index (χ2v) is 4.77. The molecule has 0 fully saturated rings. The van der Waals surface area contributed by atoms with Crippen molar-refractivity contribution in [2.75, 3.05) is 0 Å². The predicted octanol–water partition coefficient (Wildman–Crippen LogP) is 3.72. The number of nitrogens with one attached hydrogen (secondary N) is 1. The molecule has 0 heterocycles. The summed E-state index contributed by atoms with van der Waals surface area (Å²) in [6.45, 7) is 5.11. The van der Waals surface area contributed by atoms with Gasteiger partial charge in [-0.3, -0.25) is 0 Å². The Morgan fingerprint density at radius 1 is 1.11 bits per heavy atom. The van der Waals surface area contributed by atoms with E-state index in [0.29, 0.717) is 11.6 Å². The summed E-state index contributed by atoms with van der Waals surface area (Å²) < 4.78 is 0. The van der Waals surface area contributed by atoms with Gasteiger partial charge >= 0.3 is 0 Å². The molecule has 0 unspecified atom stereocenters. The summed E-state index contributed by atoms with van der Waals surface area (Å²) >= 11 is 0. The Morgan fingerprint density at radius 3 is 2.42 bits per heavy atom. The van der Waals surface area contributed by atoms with E-state index in [1.165, 1.54) is 16.7 Å². The van der Waals surface area contributed by atoms with Gasteiger partial charge in [0, 0.05) is 12.6 Å². The molecule has 96 valence electrons. The van der Waals surface area contributed by atoms with Gasteiger partial charge in [-0.25, -0.2) is 0 Å². The van der Waals surface area contributed by atoms with Crippen LogP contribution in [-0.2, 0) is 6.54 Å². The second-order valence-electron chi connectivity index (χ2n) is 4.77. The van der Waals surface area contributed by atoms with Gasteiger partial charge < -0.3 is 5.32 Å². The van der Waals surface area contributed by atoms with Crippen LogP contribution in [0.15, 0.2) is 48.5 Å². The van der Waals surface area contributed by atoms with Crippen LogP contribution in [0.25, 0.3) is 0 Å². The fourth-order valence-electron chi connectivity index (χ4n) is 2.15. The van der Waals surface area contributed by atoms with Crippen LogP contribution in [0.1, 0.15) is 35.2 Å². The highest BCUT2D eigenvalue weighted by molar-refractivity contribution is 5.32. The van der Waals surface area contributed by atoms with Gasteiger partial charge in [0.1, 0.15) is 0 Å². The molecule has 0 aliphatic carbocycles. The molecule has 2 heteroatoms. The van der Waals surface area contributed by atoms with E-state index >= 15 is 0 Å². The van der Waals surface area contributed by atoms with E-state index in [2.05, 4.69) is 49.5 Å². The number of nitrogens with zero attached hydrogens (tertiary/aromatic N) is 1. The first kappa shape index (κ1) is 13.3. The minimum Gasteiger partial charge on any atom is -0.306 e. The van der Waals surface area contributed by atoms with E-state index in [-0.39, 0.29) is 0 Å². The van der Waals surface area contributed by atoms with Crippen molar-refractivity contribution in [3.8, 4) is 6.07 Å². The van der Waals surface area contributed by atoms with E-state index < -0.39 is 0 Å². The average molecular weight is 250 g/mol. The maximum atomic E-state index is 8.76. The van der Waals surface area contributed by atoms with Crippen LogP contribution in [-0.4, -0.2) is 0 Å². The fourth-order valence-corrected chi connectivity index (χ4v) is 2.15. The van der Waals surface area contributed by atoms with Crippen molar-refractivity contribution < 1.29 is 0 Å². The lowest BCUT2D eigenvalue weighted by molar-refractivity contribution is 0.572. The molecule has 1 atom stereocenters. The number of hydrogen-bond acceptors (Lipinski definition) is 2. The predicted molar refractivity (Wildman–Crippen MR) is 77.6 cm³/mol. The summed E-state index contributed by atoms with van der Waals surface area (Å²) in [4.78, 5) is 0. The summed E-state index contributed by atoms with van der Waals surface area (Å²) in [6, 6.07) is 18.6. The molecular formula is C17H18N2. The van der Waals surface area contributed by atoms with Gasteiger partial charge in [0.05, 0.1) is 11.6 Å². The highest BCUT2D eigenvalue weighted by atomic mass is 14.9. The molecule has 0 saturated heterocycles. The summed E-state index contributed by atoms with van der Waals surface area (Å²) in [5.41, 5.74) is 4.54. The van der Waals surface area contributed by atoms with Crippen molar-refractivity contribution >= 4 is 0 Å². The first-order valence-corrected chi connectivity index (χ1v) is 6.48. The van der Waals surface area contributed by atoms with Crippen LogP contribution in [0.5, 0.6) is 0 Å². The van der Waals surface area contributed by atoms with Crippen LogP contribution in [0, 0.1) is 18.3 Å². The SMILES string of the molecule is Cc1ccccc1[C@@H](C)NCc1ccc(C#N)cc1. The minimum absolute atomic E-state index is 0.317. The Bertz CT molecular complexity index is 579. The van der Waals surface area contributed by atoms with Gasteiger partial charge in [-0.1, -0.05) is 36.4 Å². The Hall–Kier alpha value is -2.11. The van der Waals surface area contributed by atoms with Gasteiger partial charge in [-0.15, -0.1) is 0 Å². The molecule has 0 saturated carbocycles. The molecule has 1 N–H and O–H groups in total. The number of benzene rings is 2. The summed E-state index contributed by atoms with van der Waals surface area (Å²) in [5.74, 6) is 0. The monoisotopic (exact) mass is 250 g/mol. The largest absolute Gasteiger partial charge is 0.306 e. The standard InChI is InChI=1S/C17H18N2/c1-13-5-3-4-6-17(13)14(2)19-12-16-9-7-15(11-18)8-10-16/h3-10,14,19H,12H2,1-2H3/t14-/m1/s1. The quantitative estimate of drug-likeness (QED) is 0.897. The van der Waals surface area contributed by atoms with Crippen molar-refractivity contribution in [3.05, 3.63) is 70.8 Å². The molecule has 0 spiro atoms. The molecule has 0 aliphatic heterocycles. The maximum absolute atomic E-state index is 8.76. The zero-order valence-corrected chi connectivity index (χ0v) is 11.4. The van der Waals surface area contributed by atoms with Crippen LogP contribution >= 0.6 is 0 Å². The van der Waals surface area contributed by atoms with Crippen LogP contribution in [0.2, 0.25) is 0 Å². The van der Waals surface area contributed by atoms with Crippen molar-refractivity contribution in [2.24, 2.45) is 0 Å². The Balaban J connectivity index is 1.98. The third-order valence-corrected chi connectivity index (χ3v) is 3.35. The fraction of sp³-hybridized carbons (Fsp3) is 0.235. The highest BCUT2D eigenvalue weighted by Crippen LogP contribution is 2.17. The third kappa shape index (κ3) is 3.43. The van der Waals surface area contributed by atoms with Gasteiger partial charge in [0.25, 0.3) is 0 Å². The molecule has 0 bridgehead atoms. The first-order valence-electron chi connectivity index (χ1n) is 6.48. The molecule has 19 heavy (non-hydrogen) atoms. The zero-order valence-electron chi connectivity index (χ0n) is 11.4. The molecule has 0 radical (unpaired) electrons. The Labute approximate surface area is 114 Å². The molecule has 0 aliphatic rings. The third-order valence-electron chi connectivity index (χ3n) is 3.35. The molecular weight excluding hydrogens is 232 g/mol. The Kier molecular flexibility index (Phi) is 4.33. The molecule has 0 aromatic heterocycles. The molecule has 2 aromatic carbocycles. The van der Waals surface area contributed by atoms with Crippen LogP contribution in [0.4, 0.5) is 0 Å². The smallest absolute Gasteiger partial charge is 0.0991 e. The summed E-state index contributed by atoms with van der Waals surface area (Å²) in [6.07, 6.45) is 0. The summed E-state index contributed by atoms with van der Waals surface area (Å²) in [7, 11) is 0. The van der Waals surface area contributed by atoms with Crippen molar-refractivity contribution in [3.63, 3.8) is 0 Å². The maximum Gasteiger partial charge on any atom is 0.0991 e. The lowest BCUT2D eigenvalue weighted by Crippen LogP contribution is -2.18. The van der Waals surface area contributed by atoms with Crippen LogP contribution < -0.4 is 5.32 Å². The van der Waals surface area contributed by atoms with Crippen molar-refractivity contribution in [2.45, 2.75) is 26.4 Å². The molecule has 0 amide bonds. The second kappa shape index (κ2) is 6.17. The van der Waals surface area contributed by atoms with Crippen LogP contribution in [0.3, 0.4) is 0 Å². The first-order chi connectivity index (χ1) is 9.20. The Morgan fingerprint density at radius 2 is 1.79 bits per heavy atom. The van der Waals surface area contributed by atoms with E-state index in [4.69, 9.17) is 5.26 Å². The number of rotatable bonds is 4. The topological polar surface area (TPSA) is 35.8 Å². The van der Waals surface area contributed by atoms with Crippen molar-refractivity contribution in [1.29, 1.82) is 5.26 Å². The van der Waals surface area contributed by atoms with E-state index in [1.807, 2.05) is 24.3 Å². The van der Waals surface area contributed by atoms with Gasteiger partial charge in [-0.05, 0) is 42.7 Å². The van der Waals surface area contributed by atoms with E-state index in [1.54, 1.807) is 0 Å². The molecule has 2 aromatic rings. The summed E-state index contributed by atoms with van der Waals surface area (Å²) in [5, 5.41) is 12.3. The lowest BCUT2D eigenvalue weighted by atomic mass is 10.0. The highest BCUT2D eigenvalue weighted by Gasteiger charge is 2.06. The van der Waals surface area contributed by atoms with Crippen molar-refractivity contribution in [1.82, 2.24) is 5.32 Å². The number of aryl methyl sites for hydroxylation is 1. The van der Waals surface area contributed by atoms with Gasteiger partial charge in [-0.2, -0.15) is 5.26 Å². The van der Waals surface area contributed by atoms with Gasteiger partial charge in [0.15, 0.2) is 0 Å². The average Bonchev–Trinajstić information content (AvgIpc) is 2.46. The normalized spacial score (nSPS) is 11.8. The lowest BCUT2D eigenvalue weighted by Gasteiger charge is -2.16. The number of hydrogen-bond donors (Lipinski definition) is 1. The zero-order chi connectivity index (χ0) is 13.7. The molecule has 2 nitrogen and oxygen atoms in total.